The van der Waals surface area contributed by atoms with Crippen LogP contribution in [0.1, 0.15) is 19.4 Å². The van der Waals surface area contributed by atoms with E-state index in [1.807, 2.05) is 6.07 Å². The van der Waals surface area contributed by atoms with Gasteiger partial charge in [-0.2, -0.15) is 0 Å². The molecule has 4 heteroatoms. The summed E-state index contributed by atoms with van der Waals surface area (Å²) in [6, 6.07) is 4.96. The van der Waals surface area contributed by atoms with Crippen molar-refractivity contribution in [3.05, 3.63) is 29.6 Å². The van der Waals surface area contributed by atoms with E-state index in [1.165, 1.54) is 6.07 Å². The predicted octanol–water partition coefficient (Wildman–Crippen LogP) is 3.67. The maximum atomic E-state index is 13.5. The Kier molecular flexibility index (Phi) is 6.44. The van der Waals surface area contributed by atoms with Gasteiger partial charge in [-0.15, -0.1) is 11.6 Å². The molecular formula is C14H21ClFNO. The minimum Gasteiger partial charge on any atom is -0.383 e. The Bertz CT molecular complexity index is 371. The fourth-order valence-electron chi connectivity index (χ4n) is 1.86. The van der Waals surface area contributed by atoms with Crippen LogP contribution in [0.25, 0.3) is 0 Å². The minimum atomic E-state index is -0.241. The van der Waals surface area contributed by atoms with Gasteiger partial charge >= 0.3 is 0 Å². The van der Waals surface area contributed by atoms with Crippen molar-refractivity contribution in [1.29, 1.82) is 0 Å². The molecule has 0 aliphatic rings. The first-order valence-electron chi connectivity index (χ1n) is 6.16. The van der Waals surface area contributed by atoms with Crippen LogP contribution in [0.5, 0.6) is 0 Å². The Morgan fingerprint density at radius 2 is 2.06 bits per heavy atom. The van der Waals surface area contributed by atoms with Gasteiger partial charge in [0.2, 0.25) is 0 Å². The second-order valence-corrected chi connectivity index (χ2v) is 5.05. The highest BCUT2D eigenvalue weighted by atomic mass is 35.5. The van der Waals surface area contributed by atoms with Gasteiger partial charge in [-0.05, 0) is 29.7 Å². The maximum Gasteiger partial charge on any atom is 0.125 e. The third-order valence-corrected chi connectivity index (χ3v) is 2.92. The molecule has 0 saturated heterocycles. The smallest absolute Gasteiger partial charge is 0.125 e. The topological polar surface area (TPSA) is 12.5 Å². The van der Waals surface area contributed by atoms with Crippen LogP contribution in [0, 0.1) is 11.7 Å². The number of anilines is 1. The third-order valence-electron chi connectivity index (χ3n) is 2.61. The number of halogens is 2. The van der Waals surface area contributed by atoms with E-state index in [-0.39, 0.29) is 5.82 Å². The van der Waals surface area contributed by atoms with E-state index < -0.39 is 0 Å². The van der Waals surface area contributed by atoms with Crippen LogP contribution in [0.2, 0.25) is 0 Å². The lowest BCUT2D eigenvalue weighted by molar-refractivity contribution is 0.204. The molecule has 0 N–H and O–H groups in total. The molecule has 0 bridgehead atoms. The Morgan fingerprint density at radius 1 is 1.33 bits per heavy atom. The van der Waals surface area contributed by atoms with Crippen LogP contribution in [0.3, 0.4) is 0 Å². The summed E-state index contributed by atoms with van der Waals surface area (Å²) < 4.78 is 18.6. The summed E-state index contributed by atoms with van der Waals surface area (Å²) in [4.78, 5) is 2.13. The first kappa shape index (κ1) is 15.3. The van der Waals surface area contributed by atoms with Crippen LogP contribution in [-0.2, 0) is 10.6 Å². The van der Waals surface area contributed by atoms with Gasteiger partial charge in [0.15, 0.2) is 0 Å². The first-order valence-corrected chi connectivity index (χ1v) is 6.69. The summed E-state index contributed by atoms with van der Waals surface area (Å²) in [5, 5.41) is 0. The van der Waals surface area contributed by atoms with E-state index in [0.717, 1.165) is 24.3 Å². The van der Waals surface area contributed by atoms with Crippen LogP contribution < -0.4 is 4.90 Å². The molecule has 0 aromatic heterocycles. The molecule has 0 unspecified atom stereocenters. The molecule has 1 aromatic carbocycles. The number of hydrogen-bond acceptors (Lipinski definition) is 2. The van der Waals surface area contributed by atoms with E-state index in [9.17, 15) is 4.39 Å². The van der Waals surface area contributed by atoms with Crippen LogP contribution >= 0.6 is 11.6 Å². The minimum absolute atomic E-state index is 0.241. The monoisotopic (exact) mass is 273 g/mol. The lowest BCUT2D eigenvalue weighted by atomic mass is 10.1. The second-order valence-electron chi connectivity index (χ2n) is 4.78. The number of hydrogen-bond donors (Lipinski definition) is 0. The lowest BCUT2D eigenvalue weighted by Gasteiger charge is -2.27. The summed E-state index contributed by atoms with van der Waals surface area (Å²) in [5.74, 6) is 0.587. The van der Waals surface area contributed by atoms with Crippen molar-refractivity contribution in [1.82, 2.24) is 0 Å². The second kappa shape index (κ2) is 7.59. The molecule has 0 amide bonds. The highest BCUT2D eigenvalue weighted by Crippen LogP contribution is 2.21. The lowest BCUT2D eigenvalue weighted by Crippen LogP contribution is -2.31. The van der Waals surface area contributed by atoms with Crippen molar-refractivity contribution in [3.8, 4) is 0 Å². The Morgan fingerprint density at radius 3 is 2.61 bits per heavy atom. The molecule has 0 fully saturated rings. The molecule has 0 aliphatic carbocycles. The summed E-state index contributed by atoms with van der Waals surface area (Å²) in [7, 11) is 1.67. The van der Waals surface area contributed by atoms with Gasteiger partial charge in [0.1, 0.15) is 5.82 Å². The first-order chi connectivity index (χ1) is 8.56. The zero-order valence-corrected chi connectivity index (χ0v) is 12.0. The molecular weight excluding hydrogens is 253 g/mol. The quantitative estimate of drug-likeness (QED) is 0.703. The Balaban J connectivity index is 2.91. The molecule has 0 heterocycles. The summed E-state index contributed by atoms with van der Waals surface area (Å²) >= 11 is 5.78. The van der Waals surface area contributed by atoms with Crippen molar-refractivity contribution in [3.63, 3.8) is 0 Å². The molecule has 1 aromatic rings. The number of nitrogens with zero attached hydrogens (tertiary/aromatic N) is 1. The normalized spacial score (nSPS) is 11.0. The predicted molar refractivity (Wildman–Crippen MR) is 74.9 cm³/mol. The third kappa shape index (κ3) is 4.83. The number of methoxy groups -OCH3 is 1. The summed E-state index contributed by atoms with van der Waals surface area (Å²) in [6.07, 6.45) is 0. The van der Waals surface area contributed by atoms with Gasteiger partial charge in [0.25, 0.3) is 0 Å². The number of rotatable bonds is 7. The molecule has 18 heavy (non-hydrogen) atoms. The average molecular weight is 274 g/mol. The van der Waals surface area contributed by atoms with Gasteiger partial charge in [0.05, 0.1) is 6.61 Å². The summed E-state index contributed by atoms with van der Waals surface area (Å²) in [6.45, 7) is 6.52. The van der Waals surface area contributed by atoms with Crippen LogP contribution in [-0.4, -0.2) is 26.8 Å². The number of benzene rings is 1. The van der Waals surface area contributed by atoms with E-state index in [1.54, 1.807) is 13.2 Å². The van der Waals surface area contributed by atoms with E-state index in [2.05, 4.69) is 18.7 Å². The number of ether oxygens (including phenoxy) is 1. The van der Waals surface area contributed by atoms with Crippen molar-refractivity contribution in [2.24, 2.45) is 5.92 Å². The zero-order chi connectivity index (χ0) is 13.5. The van der Waals surface area contributed by atoms with E-state index in [0.29, 0.717) is 18.4 Å². The van der Waals surface area contributed by atoms with Crippen LogP contribution in [0.4, 0.5) is 10.1 Å². The molecule has 2 nitrogen and oxygen atoms in total. The van der Waals surface area contributed by atoms with Gasteiger partial charge in [-0.25, -0.2) is 4.39 Å². The average Bonchev–Trinajstić information content (AvgIpc) is 2.33. The standard InChI is InChI=1S/C14H21ClFNO/c1-11(2)10-17(4-5-18-3)14-7-12(9-15)6-13(16)8-14/h6-8,11H,4-5,9-10H2,1-3H3. The van der Waals surface area contributed by atoms with Gasteiger partial charge in [0, 0.05) is 31.8 Å². The fraction of sp³-hybridized carbons (Fsp3) is 0.571. The molecule has 0 radical (unpaired) electrons. The summed E-state index contributed by atoms with van der Waals surface area (Å²) in [5.41, 5.74) is 1.68. The highest BCUT2D eigenvalue weighted by Gasteiger charge is 2.10. The highest BCUT2D eigenvalue weighted by molar-refractivity contribution is 6.17. The largest absolute Gasteiger partial charge is 0.383 e. The maximum absolute atomic E-state index is 13.5. The number of alkyl halides is 1. The Labute approximate surface area is 114 Å². The van der Waals surface area contributed by atoms with Crippen LogP contribution in [0.15, 0.2) is 18.2 Å². The van der Waals surface area contributed by atoms with E-state index >= 15 is 0 Å². The van der Waals surface area contributed by atoms with Crippen molar-refractivity contribution >= 4 is 17.3 Å². The van der Waals surface area contributed by atoms with Crippen molar-refractivity contribution < 1.29 is 9.13 Å². The molecule has 102 valence electrons. The van der Waals surface area contributed by atoms with Crippen molar-refractivity contribution in [2.75, 3.05) is 31.7 Å². The van der Waals surface area contributed by atoms with Gasteiger partial charge < -0.3 is 9.64 Å². The Hall–Kier alpha value is -0.800. The van der Waals surface area contributed by atoms with Gasteiger partial charge in [-0.1, -0.05) is 13.8 Å². The molecule has 0 aliphatic heterocycles. The SMILES string of the molecule is COCCN(CC(C)C)c1cc(F)cc(CCl)c1. The molecule has 0 saturated carbocycles. The molecule has 1 rings (SSSR count). The van der Waals surface area contributed by atoms with Crippen molar-refractivity contribution in [2.45, 2.75) is 19.7 Å². The molecule has 0 atom stereocenters. The van der Waals surface area contributed by atoms with Gasteiger partial charge in [-0.3, -0.25) is 0 Å². The fourth-order valence-corrected chi connectivity index (χ4v) is 2.02. The molecule has 0 spiro atoms. The zero-order valence-electron chi connectivity index (χ0n) is 11.2. The van der Waals surface area contributed by atoms with E-state index in [4.69, 9.17) is 16.3 Å².